The van der Waals surface area contributed by atoms with Crippen LogP contribution in [0.4, 0.5) is 5.69 Å². The van der Waals surface area contributed by atoms with E-state index in [2.05, 4.69) is 14.9 Å². The molecule has 0 bridgehead atoms. The number of hydrogen-bond acceptors (Lipinski definition) is 5. The lowest BCUT2D eigenvalue weighted by Gasteiger charge is -2.03. The molecule has 1 heterocycles. The summed E-state index contributed by atoms with van der Waals surface area (Å²) in [5.74, 6) is -0.169. The second kappa shape index (κ2) is 4.71. The Kier molecular flexibility index (Phi) is 3.11. The van der Waals surface area contributed by atoms with Crippen LogP contribution >= 0.6 is 11.5 Å². The molecule has 3 N–H and O–H groups in total. The molecule has 0 atom stereocenters. The van der Waals surface area contributed by atoms with Crippen LogP contribution in [0.15, 0.2) is 30.5 Å². The van der Waals surface area contributed by atoms with E-state index in [4.69, 9.17) is 5.73 Å². The number of carbonyl (C=O) groups is 1. The summed E-state index contributed by atoms with van der Waals surface area (Å²) >= 11 is 1.07. The molecular weight excluding hydrogens is 224 g/mol. The number of hydrogen-bond donors (Lipinski definition) is 2. The summed E-state index contributed by atoms with van der Waals surface area (Å²) in [6.45, 7) is 0.446. The number of carbonyl (C=O) groups excluding carboxylic acids is 1. The van der Waals surface area contributed by atoms with Gasteiger partial charge in [-0.15, -0.1) is 5.10 Å². The highest BCUT2D eigenvalue weighted by Gasteiger charge is 2.07. The average molecular weight is 234 g/mol. The Bertz CT molecular complexity index is 483. The molecule has 1 aromatic heterocycles. The van der Waals surface area contributed by atoms with E-state index >= 15 is 0 Å². The lowest BCUT2D eigenvalue weighted by atomic mass is 10.2. The van der Waals surface area contributed by atoms with Gasteiger partial charge in [-0.3, -0.25) is 4.79 Å². The molecule has 1 aromatic carbocycles. The van der Waals surface area contributed by atoms with E-state index in [-0.39, 0.29) is 5.91 Å². The predicted molar refractivity (Wildman–Crippen MR) is 61.9 cm³/mol. The highest BCUT2D eigenvalue weighted by molar-refractivity contribution is 7.07. The highest BCUT2D eigenvalue weighted by Crippen LogP contribution is 2.07. The van der Waals surface area contributed by atoms with E-state index in [1.165, 1.54) is 6.20 Å². The SMILES string of the molecule is Nc1cccc(CNC(=O)c2cnns2)c1. The molecule has 0 spiro atoms. The van der Waals surface area contributed by atoms with Gasteiger partial charge in [-0.1, -0.05) is 16.6 Å². The first-order valence-electron chi connectivity index (χ1n) is 4.65. The zero-order chi connectivity index (χ0) is 11.4. The lowest BCUT2D eigenvalue weighted by Crippen LogP contribution is -2.21. The van der Waals surface area contributed by atoms with Crippen LogP contribution in [0.1, 0.15) is 15.2 Å². The molecule has 0 aliphatic carbocycles. The number of nitrogens with two attached hydrogens (primary N) is 1. The molecule has 82 valence electrons. The smallest absolute Gasteiger partial charge is 0.264 e. The number of nitrogens with one attached hydrogen (secondary N) is 1. The second-order valence-electron chi connectivity index (χ2n) is 3.21. The minimum atomic E-state index is -0.169. The Morgan fingerprint density at radius 2 is 2.38 bits per heavy atom. The van der Waals surface area contributed by atoms with Crippen molar-refractivity contribution in [2.24, 2.45) is 0 Å². The molecule has 0 fully saturated rings. The van der Waals surface area contributed by atoms with E-state index in [9.17, 15) is 4.79 Å². The number of nitrogens with zero attached hydrogens (tertiary/aromatic N) is 2. The standard InChI is InChI=1S/C10H10N4OS/c11-8-3-1-2-7(4-8)5-12-10(15)9-6-13-14-16-9/h1-4,6H,5,11H2,(H,12,15). The highest BCUT2D eigenvalue weighted by atomic mass is 32.1. The Balaban J connectivity index is 1.95. The van der Waals surface area contributed by atoms with Gasteiger partial charge < -0.3 is 11.1 Å². The summed E-state index contributed by atoms with van der Waals surface area (Å²) in [5.41, 5.74) is 7.28. The molecule has 0 unspecified atom stereocenters. The monoisotopic (exact) mass is 234 g/mol. The molecule has 0 aliphatic heterocycles. The zero-order valence-electron chi connectivity index (χ0n) is 8.38. The number of amides is 1. The molecular formula is C10H10N4OS. The zero-order valence-corrected chi connectivity index (χ0v) is 9.20. The first-order valence-corrected chi connectivity index (χ1v) is 5.43. The Hall–Kier alpha value is -1.95. The van der Waals surface area contributed by atoms with Crippen LogP contribution in [-0.2, 0) is 6.54 Å². The number of aromatic nitrogens is 2. The Morgan fingerprint density at radius 1 is 1.50 bits per heavy atom. The summed E-state index contributed by atoms with van der Waals surface area (Å²) in [7, 11) is 0. The maximum absolute atomic E-state index is 11.6. The van der Waals surface area contributed by atoms with Crippen LogP contribution in [0, 0.1) is 0 Å². The maximum Gasteiger partial charge on any atom is 0.264 e. The minimum absolute atomic E-state index is 0.169. The van der Waals surface area contributed by atoms with Crippen molar-refractivity contribution in [3.8, 4) is 0 Å². The molecule has 1 amide bonds. The molecule has 0 saturated heterocycles. The maximum atomic E-state index is 11.6. The van der Waals surface area contributed by atoms with Crippen molar-refractivity contribution < 1.29 is 4.79 Å². The summed E-state index contributed by atoms with van der Waals surface area (Å²) < 4.78 is 3.62. The van der Waals surface area contributed by atoms with Crippen LogP contribution in [0.25, 0.3) is 0 Å². The van der Waals surface area contributed by atoms with Crippen LogP contribution in [-0.4, -0.2) is 15.5 Å². The van der Waals surface area contributed by atoms with E-state index in [0.717, 1.165) is 17.1 Å². The summed E-state index contributed by atoms with van der Waals surface area (Å²) in [6, 6.07) is 7.39. The van der Waals surface area contributed by atoms with Crippen LogP contribution in [0.2, 0.25) is 0 Å². The topological polar surface area (TPSA) is 80.9 Å². The average Bonchev–Trinajstić information content (AvgIpc) is 2.79. The third kappa shape index (κ3) is 2.54. The van der Waals surface area contributed by atoms with Crippen molar-refractivity contribution in [3.63, 3.8) is 0 Å². The number of rotatable bonds is 3. The van der Waals surface area contributed by atoms with Gasteiger partial charge in [-0.2, -0.15) is 0 Å². The number of nitrogen functional groups attached to an aromatic ring is 1. The van der Waals surface area contributed by atoms with E-state index in [1.807, 2.05) is 18.2 Å². The van der Waals surface area contributed by atoms with Crippen molar-refractivity contribution in [1.82, 2.24) is 14.9 Å². The molecule has 2 aromatic rings. The third-order valence-corrected chi connectivity index (χ3v) is 2.65. The van der Waals surface area contributed by atoms with Gasteiger partial charge in [0.25, 0.3) is 5.91 Å². The molecule has 0 saturated carbocycles. The van der Waals surface area contributed by atoms with Gasteiger partial charge in [-0.25, -0.2) is 0 Å². The predicted octanol–water partition coefficient (Wildman–Crippen LogP) is 1.05. The van der Waals surface area contributed by atoms with Gasteiger partial charge in [0.2, 0.25) is 0 Å². The summed E-state index contributed by atoms with van der Waals surface area (Å²) in [4.78, 5) is 12.1. The summed E-state index contributed by atoms with van der Waals surface area (Å²) in [5, 5.41) is 6.36. The van der Waals surface area contributed by atoms with Gasteiger partial charge in [0.05, 0.1) is 6.20 Å². The van der Waals surface area contributed by atoms with Crippen LogP contribution < -0.4 is 11.1 Å². The third-order valence-electron chi connectivity index (χ3n) is 1.99. The van der Waals surface area contributed by atoms with E-state index in [0.29, 0.717) is 17.1 Å². The van der Waals surface area contributed by atoms with Gasteiger partial charge in [0.15, 0.2) is 0 Å². The molecule has 5 nitrogen and oxygen atoms in total. The van der Waals surface area contributed by atoms with E-state index < -0.39 is 0 Å². The van der Waals surface area contributed by atoms with Crippen molar-refractivity contribution in [3.05, 3.63) is 40.9 Å². The fourth-order valence-corrected chi connectivity index (χ4v) is 1.67. The lowest BCUT2D eigenvalue weighted by molar-refractivity contribution is 0.0955. The number of anilines is 1. The summed E-state index contributed by atoms with van der Waals surface area (Å²) in [6.07, 6.45) is 1.44. The number of benzene rings is 1. The van der Waals surface area contributed by atoms with Crippen LogP contribution in [0.5, 0.6) is 0 Å². The molecule has 2 rings (SSSR count). The van der Waals surface area contributed by atoms with Gasteiger partial charge >= 0.3 is 0 Å². The second-order valence-corrected chi connectivity index (χ2v) is 4.00. The fraction of sp³-hybridized carbons (Fsp3) is 0.100. The largest absolute Gasteiger partial charge is 0.399 e. The van der Waals surface area contributed by atoms with E-state index in [1.54, 1.807) is 6.07 Å². The minimum Gasteiger partial charge on any atom is -0.399 e. The molecule has 0 aliphatic rings. The van der Waals surface area contributed by atoms with Crippen molar-refractivity contribution in [2.45, 2.75) is 6.54 Å². The van der Waals surface area contributed by atoms with Crippen molar-refractivity contribution in [2.75, 3.05) is 5.73 Å². The molecule has 6 heteroatoms. The van der Waals surface area contributed by atoms with Gasteiger partial charge in [0.1, 0.15) is 4.88 Å². The van der Waals surface area contributed by atoms with Crippen LogP contribution in [0.3, 0.4) is 0 Å². The Labute approximate surface area is 96.5 Å². The first-order chi connectivity index (χ1) is 7.75. The van der Waals surface area contributed by atoms with Gasteiger partial charge in [0, 0.05) is 12.2 Å². The Morgan fingerprint density at radius 3 is 3.06 bits per heavy atom. The van der Waals surface area contributed by atoms with Crippen molar-refractivity contribution >= 4 is 23.1 Å². The van der Waals surface area contributed by atoms with Gasteiger partial charge in [-0.05, 0) is 29.2 Å². The normalized spacial score (nSPS) is 10.0. The molecule has 0 radical (unpaired) electrons. The fourth-order valence-electron chi connectivity index (χ4n) is 1.24. The molecule has 16 heavy (non-hydrogen) atoms. The quantitative estimate of drug-likeness (QED) is 0.778. The van der Waals surface area contributed by atoms with Crippen molar-refractivity contribution in [1.29, 1.82) is 0 Å². The first kappa shape index (κ1) is 10.6.